The van der Waals surface area contributed by atoms with Crippen LogP contribution in [0.4, 0.5) is 24.7 Å². The second kappa shape index (κ2) is 8.97. The molecule has 0 bridgehead atoms. The van der Waals surface area contributed by atoms with E-state index in [1.165, 1.54) is 0 Å². The van der Waals surface area contributed by atoms with Crippen molar-refractivity contribution >= 4 is 34.9 Å². The number of benzene rings is 1. The normalized spacial score (nSPS) is 17.2. The van der Waals surface area contributed by atoms with Crippen molar-refractivity contribution in [3.05, 3.63) is 52.7 Å². The lowest BCUT2D eigenvalue weighted by atomic mass is 9.95. The van der Waals surface area contributed by atoms with Gasteiger partial charge in [-0.3, -0.25) is 9.59 Å². The average molecular weight is 467 g/mol. The molecular weight excluding hydrogens is 445 g/mol. The maximum absolute atomic E-state index is 12.8. The Morgan fingerprint density at radius 3 is 2.44 bits per heavy atom. The molecule has 2 aromatic rings. The number of nitrogens with one attached hydrogen (secondary N) is 2. The minimum atomic E-state index is -4.50. The van der Waals surface area contributed by atoms with Crippen LogP contribution < -0.4 is 15.5 Å². The summed E-state index contributed by atoms with van der Waals surface area (Å²) < 4.78 is 38.4. The second-order valence-electron chi connectivity index (χ2n) is 8.11. The monoisotopic (exact) mass is 466 g/mol. The van der Waals surface area contributed by atoms with Gasteiger partial charge >= 0.3 is 6.18 Å². The first kappa shape index (κ1) is 22.4. The van der Waals surface area contributed by atoms with Crippen LogP contribution in [0.15, 0.2) is 36.5 Å². The zero-order valence-electron chi connectivity index (χ0n) is 17.1. The molecule has 1 aliphatic heterocycles. The number of anilines is 2. The zero-order valence-corrected chi connectivity index (χ0v) is 17.8. The van der Waals surface area contributed by atoms with Crippen LogP contribution in [-0.4, -0.2) is 35.9 Å². The number of aromatic nitrogens is 1. The van der Waals surface area contributed by atoms with Crippen LogP contribution in [-0.2, 0) is 11.0 Å². The third-order valence-corrected chi connectivity index (χ3v) is 5.90. The summed E-state index contributed by atoms with van der Waals surface area (Å²) in [6.45, 7) is 0.889. The molecule has 170 valence electrons. The van der Waals surface area contributed by atoms with Gasteiger partial charge in [0.1, 0.15) is 5.82 Å². The summed E-state index contributed by atoms with van der Waals surface area (Å²) >= 11 is 6.03. The smallest absolute Gasteiger partial charge is 0.355 e. The Kier molecular flexibility index (Phi) is 6.28. The number of rotatable bonds is 5. The van der Waals surface area contributed by atoms with Gasteiger partial charge in [0, 0.05) is 42.5 Å². The second-order valence-corrected chi connectivity index (χ2v) is 8.51. The molecule has 10 heteroatoms. The summed E-state index contributed by atoms with van der Waals surface area (Å²) in [6.07, 6.45) is -0.732. The molecule has 2 fully saturated rings. The van der Waals surface area contributed by atoms with Gasteiger partial charge in [-0.25, -0.2) is 4.98 Å². The Hall–Kier alpha value is -2.81. The van der Waals surface area contributed by atoms with E-state index in [9.17, 15) is 22.8 Å². The number of hydrogen-bond donors (Lipinski definition) is 2. The maximum Gasteiger partial charge on any atom is 0.417 e. The van der Waals surface area contributed by atoms with E-state index in [-0.39, 0.29) is 34.6 Å². The van der Waals surface area contributed by atoms with Crippen molar-refractivity contribution in [1.82, 2.24) is 10.3 Å². The van der Waals surface area contributed by atoms with Gasteiger partial charge in [-0.05, 0) is 49.9 Å². The van der Waals surface area contributed by atoms with E-state index in [2.05, 4.69) is 15.6 Å². The molecule has 1 saturated heterocycles. The number of halogens is 4. The number of piperidine rings is 1. The first-order chi connectivity index (χ1) is 15.2. The molecule has 0 spiro atoms. The molecule has 0 radical (unpaired) electrons. The van der Waals surface area contributed by atoms with Gasteiger partial charge in [-0.1, -0.05) is 17.7 Å². The van der Waals surface area contributed by atoms with Crippen molar-refractivity contribution in [2.24, 2.45) is 5.92 Å². The van der Waals surface area contributed by atoms with Gasteiger partial charge < -0.3 is 15.5 Å². The Bertz CT molecular complexity index is 1020. The first-order valence-corrected chi connectivity index (χ1v) is 10.8. The van der Waals surface area contributed by atoms with Crippen LogP contribution in [0.25, 0.3) is 0 Å². The molecule has 1 aromatic heterocycles. The van der Waals surface area contributed by atoms with Gasteiger partial charge in [0.05, 0.1) is 10.6 Å². The Balaban J connectivity index is 1.33. The molecule has 2 aliphatic rings. The molecule has 32 heavy (non-hydrogen) atoms. The molecule has 2 heterocycles. The Morgan fingerprint density at radius 1 is 1.09 bits per heavy atom. The number of pyridine rings is 1. The molecule has 2 amide bonds. The molecule has 2 N–H and O–H groups in total. The third-order valence-electron chi connectivity index (χ3n) is 5.62. The summed E-state index contributed by atoms with van der Waals surface area (Å²) in [5.74, 6) is -0.287. The van der Waals surface area contributed by atoms with Crippen LogP contribution in [0.1, 0.15) is 41.6 Å². The number of amides is 2. The summed E-state index contributed by atoms with van der Waals surface area (Å²) in [5.41, 5.74) is 0.148. The molecule has 1 aromatic carbocycles. The van der Waals surface area contributed by atoms with Crippen LogP contribution in [0.2, 0.25) is 5.02 Å². The maximum atomic E-state index is 12.8. The zero-order chi connectivity index (χ0) is 22.9. The summed E-state index contributed by atoms with van der Waals surface area (Å²) in [5, 5.41) is 5.71. The average Bonchev–Trinajstić information content (AvgIpc) is 3.57. The van der Waals surface area contributed by atoms with Crippen LogP contribution in [0.3, 0.4) is 0 Å². The first-order valence-electron chi connectivity index (χ1n) is 10.4. The number of hydrogen-bond acceptors (Lipinski definition) is 4. The van der Waals surface area contributed by atoms with E-state index in [4.69, 9.17) is 11.6 Å². The third kappa shape index (κ3) is 5.32. The predicted molar refractivity (Wildman–Crippen MR) is 115 cm³/mol. The highest BCUT2D eigenvalue weighted by Crippen LogP contribution is 2.34. The van der Waals surface area contributed by atoms with E-state index < -0.39 is 11.7 Å². The fourth-order valence-corrected chi connectivity index (χ4v) is 3.94. The van der Waals surface area contributed by atoms with Gasteiger partial charge in [0.25, 0.3) is 5.91 Å². The fourth-order valence-electron chi connectivity index (χ4n) is 3.65. The highest BCUT2D eigenvalue weighted by molar-refractivity contribution is 6.33. The van der Waals surface area contributed by atoms with Crippen LogP contribution in [0, 0.1) is 5.92 Å². The number of carbonyl (C=O) groups excluding carboxylic acids is 2. The molecule has 0 atom stereocenters. The molecule has 1 saturated carbocycles. The lowest BCUT2D eigenvalue weighted by Gasteiger charge is -2.32. The van der Waals surface area contributed by atoms with Crippen molar-refractivity contribution in [2.45, 2.75) is 37.9 Å². The van der Waals surface area contributed by atoms with Gasteiger partial charge in [0.2, 0.25) is 5.91 Å². The SMILES string of the molecule is O=C(NC1CC1)c1cccc(NC(=O)C2CCN(c3ncc(C(F)(F)F)cc3Cl)CC2)c1. The number of nitrogens with zero attached hydrogens (tertiary/aromatic N) is 2. The van der Waals surface area contributed by atoms with Crippen molar-refractivity contribution < 1.29 is 22.8 Å². The molecule has 6 nitrogen and oxygen atoms in total. The predicted octanol–water partition coefficient (Wildman–Crippen LogP) is 4.50. The van der Waals surface area contributed by atoms with Crippen molar-refractivity contribution in [2.75, 3.05) is 23.3 Å². The van der Waals surface area contributed by atoms with Gasteiger partial charge in [-0.15, -0.1) is 0 Å². The molecule has 0 unspecified atom stereocenters. The van der Waals surface area contributed by atoms with Crippen LogP contribution in [0.5, 0.6) is 0 Å². The van der Waals surface area contributed by atoms with E-state index in [0.29, 0.717) is 37.2 Å². The van der Waals surface area contributed by atoms with Crippen molar-refractivity contribution in [3.63, 3.8) is 0 Å². The van der Waals surface area contributed by atoms with E-state index in [1.807, 2.05) is 0 Å². The number of carbonyl (C=O) groups is 2. The minimum absolute atomic E-state index is 0.0657. The van der Waals surface area contributed by atoms with E-state index in [0.717, 1.165) is 25.1 Å². The summed E-state index contributed by atoms with van der Waals surface area (Å²) in [7, 11) is 0. The molecule has 1 aliphatic carbocycles. The molecular formula is C22H22ClF3N4O2. The lowest BCUT2D eigenvalue weighted by molar-refractivity contribution is -0.137. The highest BCUT2D eigenvalue weighted by atomic mass is 35.5. The van der Waals surface area contributed by atoms with Gasteiger partial charge in [0.15, 0.2) is 0 Å². The molecule has 4 rings (SSSR count). The lowest BCUT2D eigenvalue weighted by Crippen LogP contribution is -2.38. The Morgan fingerprint density at radius 2 is 1.81 bits per heavy atom. The summed E-state index contributed by atoms with van der Waals surface area (Å²) in [6, 6.07) is 7.92. The number of alkyl halides is 3. The topological polar surface area (TPSA) is 74.3 Å². The Labute approximate surface area is 188 Å². The fraction of sp³-hybridized carbons (Fsp3) is 0.409. The van der Waals surface area contributed by atoms with Crippen molar-refractivity contribution in [3.8, 4) is 0 Å². The standard InChI is InChI=1S/C22H22ClF3N4O2/c23-18-11-15(22(24,25)26)12-27-19(18)30-8-6-13(7-9-30)20(31)29-17-3-1-2-14(10-17)21(32)28-16-4-5-16/h1-3,10-13,16H,4-9H2,(H,28,32)(H,29,31). The largest absolute Gasteiger partial charge is 0.417 e. The minimum Gasteiger partial charge on any atom is -0.355 e. The van der Waals surface area contributed by atoms with Crippen molar-refractivity contribution in [1.29, 1.82) is 0 Å². The van der Waals surface area contributed by atoms with E-state index in [1.54, 1.807) is 29.2 Å². The van der Waals surface area contributed by atoms with Crippen LogP contribution >= 0.6 is 11.6 Å². The summed E-state index contributed by atoms with van der Waals surface area (Å²) in [4.78, 5) is 30.6. The quantitative estimate of drug-likeness (QED) is 0.680. The van der Waals surface area contributed by atoms with E-state index >= 15 is 0 Å². The highest BCUT2D eigenvalue weighted by Gasteiger charge is 2.33. The van der Waals surface area contributed by atoms with Gasteiger partial charge in [-0.2, -0.15) is 13.2 Å².